The number of benzene rings is 2. The van der Waals surface area contributed by atoms with Gasteiger partial charge in [0.1, 0.15) is 0 Å². The highest BCUT2D eigenvalue weighted by Gasteiger charge is 2.29. The molecule has 1 aliphatic heterocycles. The number of furan rings is 1. The zero-order chi connectivity index (χ0) is 21.8. The van der Waals surface area contributed by atoms with E-state index in [4.69, 9.17) is 16.0 Å². The van der Waals surface area contributed by atoms with Crippen LogP contribution in [0.25, 0.3) is 0 Å². The van der Waals surface area contributed by atoms with Crippen molar-refractivity contribution >= 4 is 52.5 Å². The first-order valence-electron chi connectivity index (χ1n) is 9.45. The summed E-state index contributed by atoms with van der Waals surface area (Å²) in [6.07, 6.45) is 1.50. The minimum absolute atomic E-state index is 0.0653. The summed E-state index contributed by atoms with van der Waals surface area (Å²) in [7, 11) is 0. The van der Waals surface area contributed by atoms with E-state index in [1.807, 2.05) is 6.07 Å². The molecule has 7 nitrogen and oxygen atoms in total. The number of hydrogen-bond donors (Lipinski definition) is 3. The standard InChI is InChI=1S/C22H18ClN3O4S/c23-14-5-8-18-16(10-14)26-22(29)19(31-18)11-20(27)24-12-13-3-6-15(7-4-13)25-21(28)17-2-1-9-30-17/h1-10,19H,11-12H2,(H,24,27)(H,25,28)(H,26,29). The molecule has 31 heavy (non-hydrogen) atoms. The fourth-order valence-corrected chi connectivity index (χ4v) is 4.27. The van der Waals surface area contributed by atoms with E-state index in [1.165, 1.54) is 18.0 Å². The molecule has 9 heteroatoms. The van der Waals surface area contributed by atoms with E-state index in [2.05, 4.69) is 16.0 Å². The average molecular weight is 456 g/mol. The summed E-state index contributed by atoms with van der Waals surface area (Å²) in [6, 6.07) is 15.6. The number of amides is 3. The first-order valence-corrected chi connectivity index (χ1v) is 10.7. The van der Waals surface area contributed by atoms with Crippen molar-refractivity contribution in [2.24, 2.45) is 0 Å². The average Bonchev–Trinajstić information content (AvgIpc) is 3.29. The second-order valence-electron chi connectivity index (χ2n) is 6.85. The van der Waals surface area contributed by atoms with E-state index < -0.39 is 5.25 Å². The Labute approximate surface area is 187 Å². The number of halogens is 1. The zero-order valence-electron chi connectivity index (χ0n) is 16.2. The molecule has 1 aromatic heterocycles. The molecule has 3 amide bonds. The molecular weight excluding hydrogens is 438 g/mol. The zero-order valence-corrected chi connectivity index (χ0v) is 17.8. The molecule has 0 saturated carbocycles. The predicted octanol–water partition coefficient (Wildman–Crippen LogP) is 4.30. The maximum absolute atomic E-state index is 12.3. The van der Waals surface area contributed by atoms with Crippen molar-refractivity contribution in [3.8, 4) is 0 Å². The van der Waals surface area contributed by atoms with E-state index in [1.54, 1.807) is 48.5 Å². The molecule has 2 aromatic carbocycles. The number of rotatable bonds is 6. The minimum atomic E-state index is -0.507. The van der Waals surface area contributed by atoms with Gasteiger partial charge in [-0.25, -0.2) is 0 Å². The fourth-order valence-electron chi connectivity index (χ4n) is 3.00. The Kier molecular flexibility index (Phi) is 6.29. The van der Waals surface area contributed by atoms with Crippen LogP contribution in [-0.4, -0.2) is 23.0 Å². The topological polar surface area (TPSA) is 100 Å². The molecule has 2 heterocycles. The highest BCUT2D eigenvalue weighted by molar-refractivity contribution is 8.01. The van der Waals surface area contributed by atoms with Crippen LogP contribution >= 0.6 is 23.4 Å². The van der Waals surface area contributed by atoms with Crippen LogP contribution in [-0.2, 0) is 16.1 Å². The SMILES string of the molecule is O=C(CC1Sc2ccc(Cl)cc2NC1=O)NCc1ccc(NC(=O)c2ccco2)cc1. The van der Waals surface area contributed by atoms with Gasteiger partial charge in [-0.05, 0) is 48.0 Å². The van der Waals surface area contributed by atoms with Crippen LogP contribution in [0.5, 0.6) is 0 Å². The molecule has 0 radical (unpaired) electrons. The Morgan fingerprint density at radius 1 is 1.13 bits per heavy atom. The normalized spacial score (nSPS) is 15.0. The maximum Gasteiger partial charge on any atom is 0.291 e. The van der Waals surface area contributed by atoms with E-state index in [0.717, 1.165) is 10.5 Å². The van der Waals surface area contributed by atoms with Gasteiger partial charge in [-0.2, -0.15) is 0 Å². The fraction of sp³-hybridized carbons (Fsp3) is 0.136. The molecule has 0 aliphatic carbocycles. The Hall–Kier alpha value is -3.23. The van der Waals surface area contributed by atoms with Crippen LogP contribution in [0.2, 0.25) is 5.02 Å². The lowest BCUT2D eigenvalue weighted by Crippen LogP contribution is -2.34. The highest BCUT2D eigenvalue weighted by Crippen LogP contribution is 2.38. The summed E-state index contributed by atoms with van der Waals surface area (Å²) in [5.41, 5.74) is 2.15. The highest BCUT2D eigenvalue weighted by atomic mass is 35.5. The monoisotopic (exact) mass is 455 g/mol. The molecule has 0 bridgehead atoms. The van der Waals surface area contributed by atoms with Crippen LogP contribution in [0.1, 0.15) is 22.5 Å². The van der Waals surface area contributed by atoms with Gasteiger partial charge in [-0.1, -0.05) is 23.7 Å². The number of fused-ring (bicyclic) bond motifs is 1. The number of nitrogens with one attached hydrogen (secondary N) is 3. The van der Waals surface area contributed by atoms with Crippen LogP contribution in [0.3, 0.4) is 0 Å². The molecular formula is C22H18ClN3O4S. The lowest BCUT2D eigenvalue weighted by atomic mass is 10.2. The first kappa shape index (κ1) is 21.0. The Morgan fingerprint density at radius 2 is 1.94 bits per heavy atom. The van der Waals surface area contributed by atoms with Gasteiger partial charge in [-0.15, -0.1) is 11.8 Å². The van der Waals surface area contributed by atoms with E-state index in [9.17, 15) is 14.4 Å². The molecule has 4 rings (SSSR count). The summed E-state index contributed by atoms with van der Waals surface area (Å²) < 4.78 is 5.06. The van der Waals surface area contributed by atoms with Gasteiger partial charge in [0.15, 0.2) is 5.76 Å². The number of anilines is 2. The van der Waals surface area contributed by atoms with Crippen molar-refractivity contribution in [2.45, 2.75) is 23.1 Å². The van der Waals surface area contributed by atoms with Crippen molar-refractivity contribution in [2.75, 3.05) is 10.6 Å². The molecule has 0 spiro atoms. The summed E-state index contributed by atoms with van der Waals surface area (Å²) in [5, 5.41) is 8.39. The van der Waals surface area contributed by atoms with E-state index in [-0.39, 0.29) is 29.9 Å². The van der Waals surface area contributed by atoms with Crippen LogP contribution in [0.4, 0.5) is 11.4 Å². The largest absolute Gasteiger partial charge is 0.459 e. The second kappa shape index (κ2) is 9.28. The Morgan fingerprint density at radius 3 is 2.68 bits per heavy atom. The molecule has 1 unspecified atom stereocenters. The van der Waals surface area contributed by atoms with Crippen LogP contribution in [0.15, 0.2) is 70.2 Å². The van der Waals surface area contributed by atoms with Crippen molar-refractivity contribution in [1.82, 2.24) is 5.32 Å². The summed E-state index contributed by atoms with van der Waals surface area (Å²) in [4.78, 5) is 37.5. The second-order valence-corrected chi connectivity index (χ2v) is 8.53. The molecule has 3 aromatic rings. The lowest BCUT2D eigenvalue weighted by molar-refractivity contribution is -0.124. The van der Waals surface area contributed by atoms with E-state index >= 15 is 0 Å². The maximum atomic E-state index is 12.3. The summed E-state index contributed by atoms with van der Waals surface area (Å²) in [6.45, 7) is 0.316. The molecule has 3 N–H and O–H groups in total. The lowest BCUT2D eigenvalue weighted by Gasteiger charge is -2.23. The van der Waals surface area contributed by atoms with Crippen molar-refractivity contribution < 1.29 is 18.8 Å². The van der Waals surface area contributed by atoms with Crippen molar-refractivity contribution in [3.05, 3.63) is 77.2 Å². The van der Waals surface area contributed by atoms with Gasteiger partial charge in [0, 0.05) is 28.6 Å². The summed E-state index contributed by atoms with van der Waals surface area (Å²) >= 11 is 7.30. The van der Waals surface area contributed by atoms with E-state index in [0.29, 0.717) is 22.9 Å². The van der Waals surface area contributed by atoms with Crippen molar-refractivity contribution in [1.29, 1.82) is 0 Å². The Bertz CT molecular complexity index is 1120. The molecule has 158 valence electrons. The van der Waals surface area contributed by atoms with Gasteiger partial charge in [0.25, 0.3) is 5.91 Å². The minimum Gasteiger partial charge on any atom is -0.459 e. The van der Waals surface area contributed by atoms with Gasteiger partial charge in [0.05, 0.1) is 17.2 Å². The van der Waals surface area contributed by atoms with Gasteiger partial charge < -0.3 is 20.4 Å². The molecule has 0 fully saturated rings. The number of hydrogen-bond acceptors (Lipinski definition) is 5. The third-order valence-corrected chi connectivity index (χ3v) is 6.09. The quantitative estimate of drug-likeness (QED) is 0.514. The number of thioether (sulfide) groups is 1. The summed E-state index contributed by atoms with van der Waals surface area (Å²) in [5.74, 6) is -0.545. The number of carbonyl (C=O) groups is 3. The van der Waals surface area contributed by atoms with Gasteiger partial charge in [0.2, 0.25) is 11.8 Å². The van der Waals surface area contributed by atoms with Crippen LogP contribution in [0, 0.1) is 0 Å². The van der Waals surface area contributed by atoms with Crippen molar-refractivity contribution in [3.63, 3.8) is 0 Å². The predicted molar refractivity (Wildman–Crippen MR) is 119 cm³/mol. The first-order chi connectivity index (χ1) is 15.0. The van der Waals surface area contributed by atoms with Gasteiger partial charge >= 0.3 is 0 Å². The molecule has 1 aliphatic rings. The smallest absolute Gasteiger partial charge is 0.291 e. The van der Waals surface area contributed by atoms with Crippen LogP contribution < -0.4 is 16.0 Å². The molecule has 0 saturated heterocycles. The van der Waals surface area contributed by atoms with Gasteiger partial charge in [-0.3, -0.25) is 14.4 Å². The third-order valence-electron chi connectivity index (χ3n) is 4.58. The third kappa shape index (κ3) is 5.28. The molecule has 1 atom stereocenters. The number of carbonyl (C=O) groups excluding carboxylic acids is 3. The Balaban J connectivity index is 1.27.